The van der Waals surface area contributed by atoms with Gasteiger partial charge in [0, 0.05) is 12.8 Å². The van der Waals surface area contributed by atoms with Gasteiger partial charge in [-0.25, -0.2) is 0 Å². The molecule has 0 spiro atoms. The van der Waals surface area contributed by atoms with Gasteiger partial charge in [0.05, 0.1) is 0 Å². The van der Waals surface area contributed by atoms with Gasteiger partial charge in [0.15, 0.2) is 0 Å². The van der Waals surface area contributed by atoms with E-state index in [1.165, 1.54) is 0 Å². The van der Waals surface area contributed by atoms with E-state index in [1.54, 1.807) is 0 Å². The highest BCUT2D eigenvalue weighted by atomic mass is 32.1. The molecule has 0 saturated carbocycles. The molecular weight excluding hydrogens is 546 g/mol. The number of hydrogen-bond donors (Lipinski definition) is 12. The van der Waals surface area contributed by atoms with Crippen molar-refractivity contribution in [3.05, 3.63) is 0 Å². The quantitative estimate of drug-likeness (QED) is 0.0725. The Bertz CT molecular complexity index is 708. The van der Waals surface area contributed by atoms with Gasteiger partial charge in [-0.05, 0) is 38.1 Å². The summed E-state index contributed by atoms with van der Waals surface area (Å²) >= 11 is 3.66. The van der Waals surface area contributed by atoms with Gasteiger partial charge in [0.25, 0.3) is 0 Å². The van der Waals surface area contributed by atoms with Gasteiger partial charge in [-0.3, -0.25) is 33.5 Å². The van der Waals surface area contributed by atoms with Crippen molar-refractivity contribution in [2.45, 2.75) is 83.0 Å². The van der Waals surface area contributed by atoms with Crippen LogP contribution in [0.15, 0.2) is 0 Å². The summed E-state index contributed by atoms with van der Waals surface area (Å²) in [6.45, 7) is 4.25. The fraction of sp³-hybridized carbons (Fsp3) is 0.714. The van der Waals surface area contributed by atoms with Crippen molar-refractivity contribution in [2.75, 3.05) is 6.54 Å². The van der Waals surface area contributed by atoms with Gasteiger partial charge < -0.3 is 53.6 Å². The number of carbonyl (C=O) groups is 6. The first-order chi connectivity index (χ1) is 17.8. The molecule has 0 amide bonds. The van der Waals surface area contributed by atoms with Crippen LogP contribution in [0.4, 0.5) is 0 Å². The maximum atomic E-state index is 10.3. The van der Waals surface area contributed by atoms with Crippen LogP contribution in [-0.4, -0.2) is 97.2 Å². The number of thiol groups is 1. The number of carboxylic acids is 6. The Balaban J connectivity index is -0.000000210. The Hall–Kier alpha value is -3.03. The monoisotopic (exact) mass is 589 g/mol. The number of carboxylic acid groups (broad SMARTS) is 6. The second-order valence-corrected chi connectivity index (χ2v) is 8.43. The normalized spacial score (nSPS) is 12.9. The molecule has 0 saturated heterocycles. The van der Waals surface area contributed by atoms with Crippen LogP contribution in [0.1, 0.15) is 58.8 Å². The maximum absolute atomic E-state index is 10.3. The summed E-state index contributed by atoms with van der Waals surface area (Å²) in [5, 5.41) is 49.3. The van der Waals surface area contributed by atoms with Crippen molar-refractivity contribution >= 4 is 48.6 Å². The van der Waals surface area contributed by atoms with Crippen molar-refractivity contribution in [1.82, 2.24) is 4.72 Å². The lowest BCUT2D eigenvalue weighted by molar-refractivity contribution is -0.141. The van der Waals surface area contributed by atoms with E-state index in [9.17, 15) is 28.8 Å². The molecule has 18 heteroatoms. The van der Waals surface area contributed by atoms with Crippen LogP contribution in [0, 0.1) is 5.92 Å². The molecule has 0 rings (SSSR count). The first kappa shape index (κ1) is 43.0. The molecule has 0 heterocycles. The maximum Gasteiger partial charge on any atom is 0.321 e. The average Bonchev–Trinajstić information content (AvgIpc) is 2.81. The van der Waals surface area contributed by atoms with Crippen molar-refractivity contribution in [3.8, 4) is 0 Å². The van der Waals surface area contributed by atoms with E-state index >= 15 is 0 Å². The van der Waals surface area contributed by atoms with E-state index in [0.717, 1.165) is 12.8 Å². The zero-order valence-corrected chi connectivity index (χ0v) is 22.8. The van der Waals surface area contributed by atoms with Crippen LogP contribution >= 0.6 is 12.8 Å². The summed E-state index contributed by atoms with van der Waals surface area (Å²) in [6.07, 6.45) is 1.72. The first-order valence-electron chi connectivity index (χ1n) is 11.6. The lowest BCUT2D eigenvalue weighted by atomic mass is 10.1. The number of rotatable bonds is 16. The molecule has 0 unspecified atom stereocenters. The van der Waals surface area contributed by atoms with Gasteiger partial charge in [0.2, 0.25) is 0 Å². The average molecular weight is 590 g/mol. The van der Waals surface area contributed by atoms with Gasteiger partial charge in [-0.1, -0.05) is 33.1 Å². The molecule has 17 nitrogen and oxygen atoms in total. The van der Waals surface area contributed by atoms with Crippen molar-refractivity contribution in [2.24, 2.45) is 28.9 Å². The summed E-state index contributed by atoms with van der Waals surface area (Å²) < 4.78 is 2.40. The van der Waals surface area contributed by atoms with Gasteiger partial charge >= 0.3 is 35.8 Å². The Morgan fingerprint density at radius 1 is 0.641 bits per heavy atom. The van der Waals surface area contributed by atoms with Crippen LogP contribution in [-0.2, 0) is 28.8 Å². The highest BCUT2D eigenvalue weighted by molar-refractivity contribution is 7.78. The van der Waals surface area contributed by atoms with Crippen LogP contribution in [0.2, 0.25) is 0 Å². The predicted octanol–water partition coefficient (Wildman–Crippen LogP) is -1.42. The van der Waals surface area contributed by atoms with Gasteiger partial charge in [0.1, 0.15) is 24.2 Å². The predicted molar refractivity (Wildman–Crippen MR) is 142 cm³/mol. The molecule has 4 atom stereocenters. The van der Waals surface area contributed by atoms with Crippen molar-refractivity contribution < 1.29 is 59.4 Å². The lowest BCUT2D eigenvalue weighted by Gasteiger charge is -2.12. The summed E-state index contributed by atoms with van der Waals surface area (Å²) in [7, 11) is 0. The Morgan fingerprint density at radius 3 is 1.15 bits per heavy atom. The number of nitrogens with one attached hydrogen (secondary N) is 1. The molecule has 0 aliphatic carbocycles. The lowest BCUT2D eigenvalue weighted by Crippen LogP contribution is -2.35. The van der Waals surface area contributed by atoms with E-state index in [4.69, 9.17) is 53.6 Å². The Morgan fingerprint density at radius 2 is 0.974 bits per heavy atom. The summed E-state index contributed by atoms with van der Waals surface area (Å²) in [5.74, 6) is -6.12. The molecule has 0 radical (unpaired) electrons. The molecule has 0 aliphatic rings. The molecule has 0 aromatic heterocycles. The molecule has 230 valence electrons. The number of nitrogens with two attached hydrogens (primary N) is 4. The van der Waals surface area contributed by atoms with Crippen LogP contribution in [0.25, 0.3) is 0 Å². The summed E-state index contributed by atoms with van der Waals surface area (Å²) in [6, 6.07) is -3.38. The molecule has 0 aliphatic heterocycles. The molecule has 0 bridgehead atoms. The standard InChI is InChI=1S/C6H14N2O2.2C5H9NO4.C5H11NO2S/c7-4-2-1-3-5(8)6(9)10;2*6-3(5(9)10)1-2-4(7)8;1-3(2)4(6-9)5(7)8/h5H,1-4,7-8H2,(H,9,10);2*3H,1-2,6H2,(H,7,8)(H,9,10);3-4,6,9H,1-2H3,(H,7,8)/t5-;2*3-;4-/m0000/s1. The minimum atomic E-state index is -1.17. The molecule has 15 N–H and O–H groups in total. The zero-order valence-electron chi connectivity index (χ0n) is 21.9. The third-order valence-corrected chi connectivity index (χ3v) is 4.61. The van der Waals surface area contributed by atoms with Gasteiger partial charge in [-0.2, -0.15) is 0 Å². The molecule has 39 heavy (non-hydrogen) atoms. The number of unbranched alkanes of at least 4 members (excludes halogenated alkanes) is 1. The topological polar surface area (TPSA) is 340 Å². The summed E-state index contributed by atoms with van der Waals surface area (Å²) in [5.41, 5.74) is 20.4. The van der Waals surface area contributed by atoms with E-state index in [1.807, 2.05) is 13.8 Å². The minimum Gasteiger partial charge on any atom is -0.481 e. The second kappa shape index (κ2) is 26.6. The Labute approximate surface area is 231 Å². The fourth-order valence-corrected chi connectivity index (χ4v) is 2.33. The Kier molecular flexibility index (Phi) is 29.3. The summed E-state index contributed by atoms with van der Waals surface area (Å²) in [4.78, 5) is 60.1. The molecule has 0 aromatic carbocycles. The molecular formula is C21H43N5O12S. The SMILES string of the molecule is CC(C)[C@H](NS)C(=O)O.NCCCC[C@H](N)C(=O)O.N[C@@H](CCC(=O)O)C(=O)O.N[C@@H](CCC(=O)O)C(=O)O. The minimum absolute atomic E-state index is 0.0231. The van der Waals surface area contributed by atoms with E-state index < -0.39 is 60.0 Å². The third-order valence-electron chi connectivity index (χ3n) is 4.33. The van der Waals surface area contributed by atoms with Crippen molar-refractivity contribution in [3.63, 3.8) is 0 Å². The van der Waals surface area contributed by atoms with Crippen LogP contribution in [0.3, 0.4) is 0 Å². The highest BCUT2D eigenvalue weighted by Crippen LogP contribution is 2.01. The van der Waals surface area contributed by atoms with Gasteiger partial charge in [-0.15, -0.1) is 0 Å². The van der Waals surface area contributed by atoms with E-state index in [0.29, 0.717) is 13.0 Å². The molecule has 0 aromatic rings. The third kappa shape index (κ3) is 32.9. The largest absolute Gasteiger partial charge is 0.481 e. The van der Waals surface area contributed by atoms with E-state index in [2.05, 4.69) is 17.5 Å². The van der Waals surface area contributed by atoms with E-state index in [-0.39, 0.29) is 31.6 Å². The van der Waals surface area contributed by atoms with Crippen LogP contribution < -0.4 is 27.7 Å². The zero-order chi connectivity index (χ0) is 31.7. The molecule has 0 fully saturated rings. The van der Waals surface area contributed by atoms with Crippen molar-refractivity contribution in [1.29, 1.82) is 0 Å². The first-order valence-corrected chi connectivity index (χ1v) is 12.0. The fourth-order valence-electron chi connectivity index (χ4n) is 1.93. The van der Waals surface area contributed by atoms with Crippen LogP contribution in [0.5, 0.6) is 0 Å². The highest BCUT2D eigenvalue weighted by Gasteiger charge is 2.18. The second-order valence-electron chi connectivity index (χ2n) is 8.17. The smallest absolute Gasteiger partial charge is 0.321 e. The number of aliphatic carboxylic acids is 6. The number of hydrogen-bond acceptors (Lipinski definition) is 12.